The van der Waals surface area contributed by atoms with Crippen molar-refractivity contribution in [3.05, 3.63) is 105 Å². The van der Waals surface area contributed by atoms with Crippen molar-refractivity contribution in [1.82, 2.24) is 9.80 Å². The maximum Gasteiger partial charge on any atom is 0.254 e. The van der Waals surface area contributed by atoms with Gasteiger partial charge in [0.25, 0.3) is 5.91 Å². The Balaban J connectivity index is 1.42. The maximum atomic E-state index is 13.9. The Morgan fingerprint density at radius 3 is 2.54 bits per heavy atom. The van der Waals surface area contributed by atoms with Crippen LogP contribution in [0.4, 0.5) is 0 Å². The number of ether oxygens (including phenoxy) is 3. The fraction of sp³-hybridized carbons (Fsp3) is 0.281. The zero-order valence-electron chi connectivity index (χ0n) is 23.1. The van der Waals surface area contributed by atoms with Gasteiger partial charge in [0.2, 0.25) is 12.7 Å². The number of benzene rings is 3. The summed E-state index contributed by atoms with van der Waals surface area (Å²) in [6.07, 6.45) is 1.96. The van der Waals surface area contributed by atoms with Crippen LogP contribution in [0, 0.1) is 6.92 Å². The fourth-order valence-corrected chi connectivity index (χ4v) is 4.76. The fourth-order valence-electron chi connectivity index (χ4n) is 4.76. The summed E-state index contributed by atoms with van der Waals surface area (Å²) in [6.45, 7) is 2.86. The Morgan fingerprint density at radius 2 is 1.73 bits per heavy atom. The number of aryl methyl sites for hydroxylation is 1. The summed E-state index contributed by atoms with van der Waals surface area (Å²) < 4.78 is 21.8. The second-order valence-corrected chi connectivity index (χ2v) is 9.97. The van der Waals surface area contributed by atoms with Gasteiger partial charge in [-0.1, -0.05) is 42.0 Å². The molecule has 0 fully saturated rings. The molecule has 0 atom stereocenters. The lowest BCUT2D eigenvalue weighted by atomic mass is 10.1. The first-order valence-corrected chi connectivity index (χ1v) is 13.4. The number of fused-ring (bicyclic) bond motifs is 2. The molecule has 1 aliphatic heterocycles. The lowest BCUT2D eigenvalue weighted by Crippen LogP contribution is -2.43. The number of amides is 2. The molecule has 2 amide bonds. The third-order valence-corrected chi connectivity index (χ3v) is 6.94. The van der Waals surface area contributed by atoms with Crippen molar-refractivity contribution >= 4 is 22.8 Å². The summed E-state index contributed by atoms with van der Waals surface area (Å²) in [6, 6.07) is 19.9. The Bertz CT molecular complexity index is 1600. The van der Waals surface area contributed by atoms with E-state index in [4.69, 9.17) is 18.6 Å². The molecule has 0 unspecified atom stereocenters. The van der Waals surface area contributed by atoms with Crippen LogP contribution < -0.4 is 14.9 Å². The van der Waals surface area contributed by atoms with Crippen LogP contribution in [0.3, 0.4) is 0 Å². The first kappa shape index (κ1) is 27.9. The molecule has 2 heterocycles. The minimum absolute atomic E-state index is 0.0318. The molecule has 5 rings (SSSR count). The minimum atomic E-state index is -0.312. The number of nitrogens with zero attached hydrogens (tertiary/aromatic N) is 2. The van der Waals surface area contributed by atoms with E-state index in [0.29, 0.717) is 53.2 Å². The van der Waals surface area contributed by atoms with E-state index in [1.165, 1.54) is 11.2 Å². The van der Waals surface area contributed by atoms with Crippen molar-refractivity contribution in [2.24, 2.45) is 0 Å². The van der Waals surface area contributed by atoms with Crippen LogP contribution in [0.2, 0.25) is 0 Å². The molecule has 0 aliphatic carbocycles. The average molecular weight is 557 g/mol. The molecule has 0 saturated carbocycles. The van der Waals surface area contributed by atoms with E-state index in [0.717, 1.165) is 11.1 Å². The molecule has 212 valence electrons. The molecule has 0 radical (unpaired) electrons. The Hall–Kier alpha value is -4.63. The highest BCUT2D eigenvalue weighted by Gasteiger charge is 2.25. The maximum absolute atomic E-state index is 13.9. The van der Waals surface area contributed by atoms with Crippen molar-refractivity contribution in [2.45, 2.75) is 26.4 Å². The van der Waals surface area contributed by atoms with Gasteiger partial charge in [-0.25, -0.2) is 0 Å². The summed E-state index contributed by atoms with van der Waals surface area (Å²) in [5.41, 5.74) is 2.89. The van der Waals surface area contributed by atoms with E-state index in [-0.39, 0.29) is 43.7 Å². The largest absolute Gasteiger partial charge is 0.464 e. The summed E-state index contributed by atoms with van der Waals surface area (Å²) in [7, 11) is 1.59. The van der Waals surface area contributed by atoms with E-state index in [2.05, 4.69) is 0 Å². The third-order valence-electron chi connectivity index (χ3n) is 6.94. The van der Waals surface area contributed by atoms with Crippen molar-refractivity contribution in [1.29, 1.82) is 0 Å². The van der Waals surface area contributed by atoms with Crippen LogP contribution in [0.15, 0.2) is 82.2 Å². The molecular formula is C32H32N2O7. The van der Waals surface area contributed by atoms with Crippen molar-refractivity contribution < 1.29 is 28.2 Å². The first-order valence-electron chi connectivity index (χ1n) is 13.4. The molecule has 4 aromatic rings. The summed E-state index contributed by atoms with van der Waals surface area (Å²) in [4.78, 5) is 43.9. The second kappa shape index (κ2) is 12.7. The van der Waals surface area contributed by atoms with Crippen LogP contribution in [0.25, 0.3) is 11.0 Å². The van der Waals surface area contributed by atoms with Crippen molar-refractivity contribution in [2.75, 3.05) is 33.6 Å². The smallest absolute Gasteiger partial charge is 0.254 e. The number of hydrogen-bond acceptors (Lipinski definition) is 7. The highest BCUT2D eigenvalue weighted by atomic mass is 16.7. The van der Waals surface area contributed by atoms with Gasteiger partial charge in [-0.05, 0) is 49.2 Å². The lowest BCUT2D eigenvalue weighted by molar-refractivity contribution is -0.133. The van der Waals surface area contributed by atoms with Gasteiger partial charge in [-0.15, -0.1) is 0 Å². The molecule has 0 N–H and O–H groups in total. The van der Waals surface area contributed by atoms with Gasteiger partial charge in [0.05, 0.1) is 23.8 Å². The van der Waals surface area contributed by atoms with E-state index >= 15 is 0 Å². The number of carbonyl (C=O) groups is 2. The number of rotatable bonds is 11. The third kappa shape index (κ3) is 6.58. The Labute approximate surface area is 237 Å². The van der Waals surface area contributed by atoms with Crippen molar-refractivity contribution in [3.63, 3.8) is 0 Å². The Morgan fingerprint density at radius 1 is 0.927 bits per heavy atom. The van der Waals surface area contributed by atoms with Crippen LogP contribution in [0.1, 0.15) is 33.5 Å². The lowest BCUT2D eigenvalue weighted by Gasteiger charge is -2.28. The molecule has 3 aromatic carbocycles. The highest BCUT2D eigenvalue weighted by Crippen LogP contribution is 2.33. The molecular weight excluding hydrogens is 524 g/mol. The quantitative estimate of drug-likeness (QED) is 0.250. The van der Waals surface area contributed by atoms with Gasteiger partial charge < -0.3 is 28.4 Å². The predicted octanol–water partition coefficient (Wildman–Crippen LogP) is 4.54. The molecule has 1 aromatic heterocycles. The van der Waals surface area contributed by atoms with Crippen LogP contribution in [0.5, 0.6) is 11.5 Å². The van der Waals surface area contributed by atoms with Gasteiger partial charge in [-0.2, -0.15) is 0 Å². The van der Waals surface area contributed by atoms with Crippen LogP contribution in [-0.4, -0.2) is 55.2 Å². The SMILES string of the molecule is COCCCN(CC(=O)N(Cc1ccccc1)Cc1coc2ccc(C)cc2c1=O)C(=O)c1ccc2c(c1)OCO2. The molecule has 9 heteroatoms. The zero-order valence-corrected chi connectivity index (χ0v) is 23.1. The average Bonchev–Trinajstić information content (AvgIpc) is 3.46. The van der Waals surface area contributed by atoms with E-state index in [1.807, 2.05) is 43.3 Å². The predicted molar refractivity (Wildman–Crippen MR) is 153 cm³/mol. The normalized spacial score (nSPS) is 12.0. The van der Waals surface area contributed by atoms with Crippen LogP contribution in [-0.2, 0) is 22.6 Å². The van der Waals surface area contributed by atoms with Gasteiger partial charge in [-0.3, -0.25) is 14.4 Å². The highest BCUT2D eigenvalue weighted by molar-refractivity contribution is 5.97. The summed E-state index contributed by atoms with van der Waals surface area (Å²) >= 11 is 0. The van der Waals surface area contributed by atoms with Crippen LogP contribution >= 0.6 is 0 Å². The molecule has 41 heavy (non-hydrogen) atoms. The molecule has 0 bridgehead atoms. The number of carbonyl (C=O) groups excluding carboxylic acids is 2. The summed E-state index contributed by atoms with van der Waals surface area (Å²) in [5.74, 6) is 0.446. The molecule has 0 spiro atoms. The number of hydrogen-bond donors (Lipinski definition) is 0. The molecule has 9 nitrogen and oxygen atoms in total. The first-order chi connectivity index (χ1) is 19.9. The van der Waals surface area contributed by atoms with E-state index < -0.39 is 0 Å². The van der Waals surface area contributed by atoms with E-state index in [1.54, 1.807) is 42.3 Å². The second-order valence-electron chi connectivity index (χ2n) is 9.97. The van der Waals surface area contributed by atoms with Gasteiger partial charge in [0.15, 0.2) is 16.9 Å². The number of methoxy groups -OCH3 is 1. The van der Waals surface area contributed by atoms with Gasteiger partial charge in [0.1, 0.15) is 12.1 Å². The van der Waals surface area contributed by atoms with Crippen molar-refractivity contribution in [3.8, 4) is 11.5 Å². The van der Waals surface area contributed by atoms with Gasteiger partial charge in [0, 0.05) is 32.4 Å². The Kier molecular flexibility index (Phi) is 8.64. The minimum Gasteiger partial charge on any atom is -0.464 e. The molecule has 1 aliphatic rings. The zero-order chi connectivity index (χ0) is 28.8. The van der Waals surface area contributed by atoms with E-state index in [9.17, 15) is 14.4 Å². The summed E-state index contributed by atoms with van der Waals surface area (Å²) in [5, 5.41) is 0.466. The molecule has 0 saturated heterocycles. The standard InChI is InChI=1S/C32H32N2O7/c1-22-9-11-27-26(15-22)31(36)25(20-39-27)18-34(17-23-7-4-3-5-8-23)30(35)19-33(13-6-14-38-2)32(37)24-10-12-28-29(16-24)41-21-40-28/h3-5,7-12,15-16,20H,6,13-14,17-19,21H2,1-2H3. The monoisotopic (exact) mass is 556 g/mol. The van der Waals surface area contributed by atoms with Gasteiger partial charge >= 0.3 is 0 Å². The topological polar surface area (TPSA) is 98.5 Å².